The van der Waals surface area contributed by atoms with Crippen LogP contribution in [0, 0.1) is 15.4 Å². The fraction of sp³-hybridized carbons (Fsp3) is 0.440. The Kier molecular flexibility index (Phi) is 6.95. The van der Waals surface area contributed by atoms with Gasteiger partial charge in [0.2, 0.25) is 11.7 Å². The summed E-state index contributed by atoms with van der Waals surface area (Å²) in [5.41, 5.74) is 7.57. The van der Waals surface area contributed by atoms with Crippen LogP contribution in [0.15, 0.2) is 23.0 Å². The van der Waals surface area contributed by atoms with E-state index in [-0.39, 0.29) is 36.2 Å². The molecule has 208 valence electrons. The zero-order valence-electron chi connectivity index (χ0n) is 20.6. The highest BCUT2D eigenvalue weighted by Crippen LogP contribution is 2.53. The minimum atomic E-state index is -2.78. The van der Waals surface area contributed by atoms with Gasteiger partial charge in [-0.15, -0.1) is 0 Å². The number of Topliss-reactive ketones (excluding diaryl/α,β-unsaturated/α-hetero) is 2. The second kappa shape index (κ2) is 9.85. The summed E-state index contributed by atoms with van der Waals surface area (Å²) in [4.78, 5) is 56.3. The summed E-state index contributed by atoms with van der Waals surface area (Å²) in [6.45, 7) is 1.00. The molecule has 1 aromatic carbocycles. The Morgan fingerprint density at radius 1 is 1.23 bits per heavy atom. The van der Waals surface area contributed by atoms with Crippen LogP contribution in [0.3, 0.4) is 0 Å². The predicted molar refractivity (Wildman–Crippen MR) is 143 cm³/mol. The molecule has 0 spiro atoms. The molecule has 4 aliphatic rings. The summed E-state index contributed by atoms with van der Waals surface area (Å²) in [5.74, 6) is -8.32. The van der Waals surface area contributed by atoms with Gasteiger partial charge in [-0.3, -0.25) is 24.0 Å². The van der Waals surface area contributed by atoms with Gasteiger partial charge in [0, 0.05) is 21.6 Å². The largest absolute Gasteiger partial charge is 0.508 e. The molecule has 1 heterocycles. The molecule has 13 nitrogen and oxygen atoms in total. The number of hydroxylamine groups is 2. The minimum absolute atomic E-state index is 0.00495. The topological polar surface area (TPSA) is 226 Å². The lowest BCUT2D eigenvalue weighted by atomic mass is 9.58. The van der Waals surface area contributed by atoms with Gasteiger partial charge in [0.05, 0.1) is 23.9 Å². The number of phenols is 1. The zero-order chi connectivity index (χ0) is 28.4. The fourth-order valence-corrected chi connectivity index (χ4v) is 6.76. The molecule has 1 aliphatic heterocycles. The van der Waals surface area contributed by atoms with Gasteiger partial charge in [0.25, 0.3) is 5.91 Å². The van der Waals surface area contributed by atoms with Crippen molar-refractivity contribution in [1.29, 1.82) is 0 Å². The van der Waals surface area contributed by atoms with E-state index in [0.717, 1.165) is 12.8 Å². The molecule has 5 rings (SSSR count). The number of primary amides is 1. The molecule has 0 aromatic heterocycles. The van der Waals surface area contributed by atoms with Gasteiger partial charge in [-0.1, -0.05) is 0 Å². The van der Waals surface area contributed by atoms with E-state index in [9.17, 15) is 39.6 Å². The second-order valence-electron chi connectivity index (χ2n) is 10.1. The Balaban J connectivity index is 1.55. The van der Waals surface area contributed by atoms with Crippen LogP contribution in [-0.2, 0) is 30.4 Å². The number of rotatable bonds is 4. The summed E-state index contributed by atoms with van der Waals surface area (Å²) >= 11 is 1.98. The van der Waals surface area contributed by atoms with Crippen LogP contribution in [0.4, 0.5) is 5.69 Å². The lowest BCUT2D eigenvalue weighted by Gasteiger charge is -2.48. The van der Waals surface area contributed by atoms with E-state index < -0.39 is 69.7 Å². The molecule has 0 unspecified atom stereocenters. The highest BCUT2D eigenvalue weighted by molar-refractivity contribution is 14.1. The number of aliphatic hydroxyl groups is 3. The molecule has 1 saturated carbocycles. The van der Waals surface area contributed by atoms with Gasteiger partial charge >= 0.3 is 0 Å². The third-order valence-corrected chi connectivity index (χ3v) is 8.83. The van der Waals surface area contributed by atoms with Crippen molar-refractivity contribution in [3.05, 3.63) is 37.7 Å². The number of aliphatic hydroxyl groups excluding tert-OH is 2. The third-order valence-electron chi connectivity index (χ3n) is 7.87. The number of phenolic OH excluding ortho intramolecular Hbond substituents is 1. The summed E-state index contributed by atoms with van der Waals surface area (Å²) in [6.07, 6.45) is 1.81. The predicted octanol–water partition coefficient (Wildman–Crippen LogP) is -0.0684. The third kappa shape index (κ3) is 4.21. The summed E-state index contributed by atoms with van der Waals surface area (Å²) in [7, 11) is 0. The van der Waals surface area contributed by atoms with Crippen LogP contribution in [0.5, 0.6) is 5.75 Å². The van der Waals surface area contributed by atoms with Crippen molar-refractivity contribution in [3.8, 4) is 5.75 Å². The van der Waals surface area contributed by atoms with Crippen molar-refractivity contribution in [2.75, 3.05) is 25.0 Å². The van der Waals surface area contributed by atoms with Gasteiger partial charge in [0.15, 0.2) is 11.4 Å². The Hall–Kier alpha value is -3.05. The molecule has 2 fully saturated rings. The Morgan fingerprint density at radius 2 is 1.95 bits per heavy atom. The molecular formula is C25H27IN4O9. The number of anilines is 1. The lowest BCUT2D eigenvalue weighted by Crippen LogP contribution is -2.65. The fourth-order valence-electron chi connectivity index (χ4n) is 5.96. The van der Waals surface area contributed by atoms with Crippen molar-refractivity contribution in [3.63, 3.8) is 0 Å². The van der Waals surface area contributed by atoms with Crippen molar-refractivity contribution in [2.45, 2.75) is 37.3 Å². The highest BCUT2D eigenvalue weighted by Gasteiger charge is 2.63. The number of hydrogen-bond acceptors (Lipinski definition) is 11. The van der Waals surface area contributed by atoms with Crippen molar-refractivity contribution >= 4 is 57.4 Å². The molecule has 3 aliphatic carbocycles. The first-order valence-corrected chi connectivity index (χ1v) is 13.4. The van der Waals surface area contributed by atoms with Crippen LogP contribution >= 0.6 is 22.6 Å². The van der Waals surface area contributed by atoms with E-state index in [1.807, 2.05) is 22.6 Å². The van der Waals surface area contributed by atoms with Crippen LogP contribution < -0.4 is 16.8 Å². The number of nitrogens with two attached hydrogens (primary N) is 2. The second-order valence-corrected chi connectivity index (χ2v) is 11.3. The lowest BCUT2D eigenvalue weighted by molar-refractivity contribution is -0.182. The minimum Gasteiger partial charge on any atom is -0.508 e. The van der Waals surface area contributed by atoms with Crippen molar-refractivity contribution < 1.29 is 44.4 Å². The standard InChI is InChI=1S/C25H27IN4O9/c26-12-7-13(29-14(31)8-30-3-1-2-4-39-30)19(32)16-10(12)5-9-6-11-18(27)21(34)17(24(28)37)23(36)25(11,38)22(35)15(9)20(16)33/h7,9,11,18,32-33,36,38H,1-6,8,27H2,(H2,28,37)(H,29,31)/t9-,11-,18-,25-/m0/s1. The molecule has 1 aromatic rings. The first-order valence-electron chi connectivity index (χ1n) is 12.3. The van der Waals surface area contributed by atoms with Crippen LogP contribution in [0.1, 0.15) is 30.4 Å². The number of halogens is 1. The molecule has 14 heteroatoms. The average Bonchev–Trinajstić information content (AvgIpc) is 2.88. The molecule has 0 radical (unpaired) electrons. The maximum absolute atomic E-state index is 13.7. The summed E-state index contributed by atoms with van der Waals surface area (Å²) in [6, 6.07) is 0.0309. The number of amides is 2. The number of carbonyl (C=O) groups is 4. The number of benzene rings is 1. The van der Waals surface area contributed by atoms with Gasteiger partial charge in [0.1, 0.15) is 29.4 Å². The normalized spacial score (nSPS) is 29.1. The number of nitrogens with one attached hydrogen (secondary N) is 1. The molecule has 1 saturated heterocycles. The smallest absolute Gasteiger partial charge is 0.255 e. The molecule has 2 amide bonds. The SMILES string of the molecule is NC(=O)C1=C(O)[C@@]2(O)C(=O)C3=C(O)c4c(O)c(NC(=O)CN5CCCCO5)cc(I)c4C[C@H]3C[C@H]2[C@H](N)C1=O. The quantitative estimate of drug-likeness (QED) is 0.129. The molecule has 4 atom stereocenters. The van der Waals surface area contributed by atoms with Crippen molar-refractivity contribution in [1.82, 2.24) is 5.06 Å². The summed E-state index contributed by atoms with van der Waals surface area (Å²) < 4.78 is 0.576. The first kappa shape index (κ1) is 27.5. The Labute approximate surface area is 235 Å². The Bertz CT molecular complexity index is 1380. The van der Waals surface area contributed by atoms with Crippen molar-refractivity contribution in [2.24, 2.45) is 23.3 Å². The number of nitrogens with zero attached hydrogens (tertiary/aromatic N) is 1. The van der Waals surface area contributed by atoms with E-state index in [4.69, 9.17) is 16.3 Å². The number of hydrogen-bond donors (Lipinski definition) is 7. The van der Waals surface area contributed by atoms with Gasteiger partial charge < -0.3 is 37.2 Å². The number of fused-ring (bicyclic) bond motifs is 3. The average molecular weight is 654 g/mol. The van der Waals surface area contributed by atoms with E-state index in [1.54, 1.807) is 0 Å². The van der Waals surface area contributed by atoms with E-state index in [1.165, 1.54) is 11.1 Å². The first-order chi connectivity index (χ1) is 18.4. The summed E-state index contributed by atoms with van der Waals surface area (Å²) in [5, 5.41) is 48.6. The Morgan fingerprint density at radius 3 is 2.59 bits per heavy atom. The monoisotopic (exact) mass is 654 g/mol. The molecular weight excluding hydrogens is 627 g/mol. The van der Waals surface area contributed by atoms with Gasteiger partial charge in [-0.2, -0.15) is 5.06 Å². The van der Waals surface area contributed by atoms with Gasteiger partial charge in [-0.05, 0) is 65.8 Å². The maximum Gasteiger partial charge on any atom is 0.255 e. The van der Waals surface area contributed by atoms with E-state index >= 15 is 0 Å². The van der Waals surface area contributed by atoms with E-state index in [2.05, 4.69) is 5.32 Å². The van der Waals surface area contributed by atoms with E-state index in [0.29, 0.717) is 22.3 Å². The van der Waals surface area contributed by atoms with Crippen LogP contribution in [0.2, 0.25) is 0 Å². The number of ketones is 2. The molecule has 39 heavy (non-hydrogen) atoms. The number of carbonyl (C=O) groups excluding carboxylic acids is 4. The molecule has 9 N–H and O–H groups in total. The molecule has 0 bridgehead atoms. The van der Waals surface area contributed by atoms with Gasteiger partial charge in [-0.25, -0.2) is 0 Å². The highest BCUT2D eigenvalue weighted by atomic mass is 127. The maximum atomic E-state index is 13.7. The van der Waals surface area contributed by atoms with Crippen LogP contribution in [0.25, 0.3) is 5.76 Å². The van der Waals surface area contributed by atoms with Crippen LogP contribution in [-0.4, -0.2) is 80.2 Å². The zero-order valence-corrected chi connectivity index (χ0v) is 22.7. The number of aromatic hydroxyl groups is 1.